The average molecular weight is 403 g/mol. The summed E-state index contributed by atoms with van der Waals surface area (Å²) >= 11 is 0. The molecule has 152 valence electrons. The molecule has 0 fully saturated rings. The highest BCUT2D eigenvalue weighted by atomic mass is 19.4. The zero-order chi connectivity index (χ0) is 20.9. The first-order chi connectivity index (χ1) is 13.9. The van der Waals surface area contributed by atoms with Crippen LogP contribution in [0, 0.1) is 6.92 Å². The van der Waals surface area contributed by atoms with Crippen LogP contribution in [0.1, 0.15) is 28.0 Å². The first kappa shape index (κ1) is 20.4. The Morgan fingerprint density at radius 3 is 2.62 bits per heavy atom. The van der Waals surface area contributed by atoms with Gasteiger partial charge in [-0.1, -0.05) is 24.3 Å². The van der Waals surface area contributed by atoms with Crippen molar-refractivity contribution in [3.05, 3.63) is 77.6 Å². The van der Waals surface area contributed by atoms with Gasteiger partial charge in [0.25, 0.3) is 5.91 Å². The van der Waals surface area contributed by atoms with Crippen LogP contribution in [0.15, 0.2) is 60.8 Å². The van der Waals surface area contributed by atoms with E-state index in [0.29, 0.717) is 30.8 Å². The highest BCUT2D eigenvalue weighted by Gasteiger charge is 2.30. The van der Waals surface area contributed by atoms with E-state index in [1.54, 1.807) is 6.92 Å². The van der Waals surface area contributed by atoms with Crippen LogP contribution in [-0.2, 0) is 6.18 Å². The molecule has 2 aromatic carbocycles. The van der Waals surface area contributed by atoms with E-state index in [1.807, 2.05) is 30.3 Å². The second kappa shape index (κ2) is 8.81. The van der Waals surface area contributed by atoms with Gasteiger partial charge in [0.2, 0.25) is 0 Å². The SMILES string of the molecule is Cc1c(C(=O)NCCCOc2ccccc2)cnn1-c1cccc(C(F)(F)F)c1. The number of nitrogens with zero attached hydrogens (tertiary/aromatic N) is 2. The first-order valence-corrected chi connectivity index (χ1v) is 9.04. The number of halogens is 3. The maximum atomic E-state index is 12.9. The maximum absolute atomic E-state index is 12.9. The van der Waals surface area contributed by atoms with Crippen molar-refractivity contribution in [2.75, 3.05) is 13.2 Å². The van der Waals surface area contributed by atoms with Gasteiger partial charge in [-0.3, -0.25) is 4.79 Å². The molecule has 0 atom stereocenters. The predicted molar refractivity (Wildman–Crippen MR) is 102 cm³/mol. The number of rotatable bonds is 7. The van der Waals surface area contributed by atoms with Gasteiger partial charge in [-0.25, -0.2) is 4.68 Å². The quantitative estimate of drug-likeness (QED) is 0.595. The molecule has 0 spiro atoms. The number of aromatic nitrogens is 2. The lowest BCUT2D eigenvalue weighted by Crippen LogP contribution is -2.26. The zero-order valence-electron chi connectivity index (χ0n) is 15.7. The van der Waals surface area contributed by atoms with Crippen LogP contribution < -0.4 is 10.1 Å². The van der Waals surface area contributed by atoms with E-state index in [9.17, 15) is 18.0 Å². The van der Waals surface area contributed by atoms with Crippen molar-refractivity contribution in [1.82, 2.24) is 15.1 Å². The molecule has 0 unspecified atom stereocenters. The average Bonchev–Trinajstić information content (AvgIpc) is 3.09. The zero-order valence-corrected chi connectivity index (χ0v) is 15.7. The van der Waals surface area contributed by atoms with Crippen LogP contribution in [0.3, 0.4) is 0 Å². The van der Waals surface area contributed by atoms with Crippen molar-refractivity contribution in [2.24, 2.45) is 0 Å². The Bertz CT molecular complexity index is 969. The molecule has 0 aliphatic carbocycles. The molecular weight excluding hydrogens is 383 g/mol. The number of hydrogen-bond donors (Lipinski definition) is 1. The molecule has 0 saturated heterocycles. The lowest BCUT2D eigenvalue weighted by atomic mass is 10.2. The van der Waals surface area contributed by atoms with Crippen molar-refractivity contribution in [2.45, 2.75) is 19.5 Å². The summed E-state index contributed by atoms with van der Waals surface area (Å²) < 4.78 is 45.7. The summed E-state index contributed by atoms with van der Waals surface area (Å²) in [5, 5.41) is 6.85. The normalized spacial score (nSPS) is 11.3. The Kier molecular flexibility index (Phi) is 6.21. The maximum Gasteiger partial charge on any atom is 0.416 e. The number of para-hydroxylation sites is 1. The van der Waals surface area contributed by atoms with E-state index in [2.05, 4.69) is 10.4 Å². The van der Waals surface area contributed by atoms with Crippen molar-refractivity contribution in [3.8, 4) is 11.4 Å². The van der Waals surface area contributed by atoms with Crippen LogP contribution in [-0.4, -0.2) is 28.8 Å². The summed E-state index contributed by atoms with van der Waals surface area (Å²) in [6, 6.07) is 14.2. The number of benzene rings is 2. The third-order valence-electron chi connectivity index (χ3n) is 4.29. The van der Waals surface area contributed by atoms with Crippen LogP contribution in [0.4, 0.5) is 13.2 Å². The summed E-state index contributed by atoms with van der Waals surface area (Å²) in [5.41, 5.74) is 0.246. The first-order valence-electron chi connectivity index (χ1n) is 9.04. The lowest BCUT2D eigenvalue weighted by molar-refractivity contribution is -0.137. The van der Waals surface area contributed by atoms with Gasteiger partial charge in [0, 0.05) is 6.54 Å². The Hall–Kier alpha value is -3.29. The molecule has 8 heteroatoms. The minimum Gasteiger partial charge on any atom is -0.494 e. The summed E-state index contributed by atoms with van der Waals surface area (Å²) in [6.07, 6.45) is -2.48. The van der Waals surface area contributed by atoms with E-state index < -0.39 is 11.7 Å². The topological polar surface area (TPSA) is 56.1 Å². The van der Waals surface area contributed by atoms with Crippen LogP contribution in [0.5, 0.6) is 5.75 Å². The number of alkyl halides is 3. The van der Waals surface area contributed by atoms with Gasteiger partial charge in [-0.05, 0) is 43.7 Å². The molecular formula is C21H20F3N3O2. The van der Waals surface area contributed by atoms with Gasteiger partial charge < -0.3 is 10.1 Å². The number of carbonyl (C=O) groups excluding carboxylic acids is 1. The van der Waals surface area contributed by atoms with Gasteiger partial charge in [-0.2, -0.15) is 18.3 Å². The van der Waals surface area contributed by atoms with Crippen molar-refractivity contribution in [1.29, 1.82) is 0 Å². The summed E-state index contributed by atoms with van der Waals surface area (Å²) in [5.74, 6) is 0.428. The monoisotopic (exact) mass is 403 g/mol. The predicted octanol–water partition coefficient (Wildman–Crippen LogP) is 4.40. The number of ether oxygens (including phenoxy) is 1. The van der Waals surface area contributed by atoms with E-state index in [4.69, 9.17) is 4.74 Å². The number of carbonyl (C=O) groups is 1. The van der Waals surface area contributed by atoms with Gasteiger partial charge in [-0.15, -0.1) is 0 Å². The van der Waals surface area contributed by atoms with Crippen LogP contribution in [0.25, 0.3) is 5.69 Å². The van der Waals surface area contributed by atoms with E-state index in [0.717, 1.165) is 17.9 Å². The van der Waals surface area contributed by atoms with Gasteiger partial charge >= 0.3 is 6.18 Å². The fourth-order valence-electron chi connectivity index (χ4n) is 2.78. The third kappa shape index (κ3) is 5.16. The second-order valence-corrected chi connectivity index (χ2v) is 6.37. The molecule has 29 heavy (non-hydrogen) atoms. The Morgan fingerprint density at radius 1 is 1.14 bits per heavy atom. The molecule has 5 nitrogen and oxygen atoms in total. The summed E-state index contributed by atoms with van der Waals surface area (Å²) in [4.78, 5) is 12.4. The number of hydrogen-bond acceptors (Lipinski definition) is 3. The molecule has 1 heterocycles. The summed E-state index contributed by atoms with van der Waals surface area (Å²) in [6.45, 7) is 2.49. The fourth-order valence-corrected chi connectivity index (χ4v) is 2.78. The van der Waals surface area contributed by atoms with Gasteiger partial charge in [0.1, 0.15) is 5.75 Å². The molecule has 1 N–H and O–H groups in total. The van der Waals surface area contributed by atoms with E-state index in [1.165, 1.54) is 23.0 Å². The fraction of sp³-hybridized carbons (Fsp3) is 0.238. The molecule has 3 aromatic rings. The van der Waals surface area contributed by atoms with E-state index in [-0.39, 0.29) is 11.6 Å². The summed E-state index contributed by atoms with van der Waals surface area (Å²) in [7, 11) is 0. The third-order valence-corrected chi connectivity index (χ3v) is 4.29. The van der Waals surface area contributed by atoms with Gasteiger partial charge in [0.15, 0.2) is 0 Å². The molecule has 0 aliphatic rings. The highest BCUT2D eigenvalue weighted by molar-refractivity contribution is 5.95. The molecule has 1 amide bonds. The van der Waals surface area contributed by atoms with Crippen LogP contribution >= 0.6 is 0 Å². The minimum absolute atomic E-state index is 0.243. The standard InChI is InChI=1S/C21H20F3N3O2/c1-15-19(20(28)25-11-6-12-29-18-9-3-2-4-10-18)14-26-27(15)17-8-5-7-16(13-17)21(22,23)24/h2-5,7-10,13-14H,6,11-12H2,1H3,(H,25,28). The van der Waals surface area contributed by atoms with Crippen molar-refractivity contribution in [3.63, 3.8) is 0 Å². The molecule has 0 aliphatic heterocycles. The van der Waals surface area contributed by atoms with Crippen molar-refractivity contribution >= 4 is 5.91 Å². The Balaban J connectivity index is 1.58. The smallest absolute Gasteiger partial charge is 0.416 e. The minimum atomic E-state index is -4.45. The molecule has 0 bridgehead atoms. The molecule has 1 aromatic heterocycles. The number of amides is 1. The Labute approximate surface area is 166 Å². The molecule has 0 radical (unpaired) electrons. The largest absolute Gasteiger partial charge is 0.494 e. The Morgan fingerprint density at radius 2 is 1.90 bits per heavy atom. The number of nitrogens with one attached hydrogen (secondary N) is 1. The van der Waals surface area contributed by atoms with Crippen LogP contribution in [0.2, 0.25) is 0 Å². The van der Waals surface area contributed by atoms with Gasteiger partial charge in [0.05, 0.1) is 35.3 Å². The molecule has 3 rings (SSSR count). The van der Waals surface area contributed by atoms with E-state index >= 15 is 0 Å². The highest BCUT2D eigenvalue weighted by Crippen LogP contribution is 2.30. The molecule has 0 saturated carbocycles. The van der Waals surface area contributed by atoms with Crippen molar-refractivity contribution < 1.29 is 22.7 Å². The lowest BCUT2D eigenvalue weighted by Gasteiger charge is -2.10. The second-order valence-electron chi connectivity index (χ2n) is 6.37.